The molecule has 13 heteroatoms. The van der Waals surface area contributed by atoms with Crippen LogP contribution in [0.3, 0.4) is 0 Å². The SMILES string of the molecule is CN(C)S(=O)(=O)n1cnc(S(=O)(=O)N(Cc2ccc(Cl)s2)C2CCCC2)n1. The number of rotatable bonds is 7. The van der Waals surface area contributed by atoms with E-state index in [1.165, 1.54) is 29.7 Å². The third kappa shape index (κ3) is 4.20. The molecule has 0 spiro atoms. The molecule has 1 fully saturated rings. The molecule has 0 amide bonds. The van der Waals surface area contributed by atoms with Crippen molar-refractivity contribution in [3.05, 3.63) is 27.7 Å². The van der Waals surface area contributed by atoms with E-state index in [0.717, 1.165) is 41.2 Å². The molecule has 0 saturated heterocycles. The van der Waals surface area contributed by atoms with E-state index >= 15 is 0 Å². The second-order valence-electron chi connectivity index (χ2n) is 6.38. The van der Waals surface area contributed by atoms with Crippen molar-refractivity contribution in [3.63, 3.8) is 0 Å². The molecule has 0 bridgehead atoms. The molecule has 0 N–H and O–H groups in total. The molecule has 27 heavy (non-hydrogen) atoms. The van der Waals surface area contributed by atoms with Gasteiger partial charge in [0, 0.05) is 31.6 Å². The molecular formula is C14H20ClN5O4S3. The lowest BCUT2D eigenvalue weighted by molar-refractivity contribution is 0.316. The van der Waals surface area contributed by atoms with Crippen molar-refractivity contribution >= 4 is 43.2 Å². The van der Waals surface area contributed by atoms with Gasteiger partial charge in [0.25, 0.3) is 15.2 Å². The summed E-state index contributed by atoms with van der Waals surface area (Å²) in [4.78, 5) is 4.57. The first-order valence-electron chi connectivity index (χ1n) is 8.23. The van der Waals surface area contributed by atoms with E-state index in [-0.39, 0.29) is 12.6 Å². The monoisotopic (exact) mass is 453 g/mol. The molecule has 1 aliphatic carbocycles. The highest BCUT2D eigenvalue weighted by atomic mass is 35.5. The second kappa shape index (κ2) is 7.76. The van der Waals surface area contributed by atoms with Gasteiger partial charge in [-0.05, 0) is 25.0 Å². The molecule has 150 valence electrons. The van der Waals surface area contributed by atoms with Crippen LogP contribution in [0.25, 0.3) is 0 Å². The Morgan fingerprint density at radius 2 is 1.89 bits per heavy atom. The fourth-order valence-corrected chi connectivity index (χ4v) is 6.32. The van der Waals surface area contributed by atoms with Crippen molar-refractivity contribution in [1.29, 1.82) is 0 Å². The van der Waals surface area contributed by atoms with Gasteiger partial charge in [0.2, 0.25) is 0 Å². The lowest BCUT2D eigenvalue weighted by Gasteiger charge is -2.26. The molecule has 2 aromatic rings. The van der Waals surface area contributed by atoms with E-state index in [2.05, 4.69) is 10.1 Å². The van der Waals surface area contributed by atoms with Gasteiger partial charge in [-0.15, -0.1) is 20.5 Å². The van der Waals surface area contributed by atoms with Crippen LogP contribution in [0, 0.1) is 0 Å². The Kier molecular flexibility index (Phi) is 5.94. The van der Waals surface area contributed by atoms with Crippen molar-refractivity contribution < 1.29 is 16.8 Å². The minimum absolute atomic E-state index is 0.152. The maximum absolute atomic E-state index is 13.2. The topological polar surface area (TPSA) is 105 Å². The fraction of sp³-hybridized carbons (Fsp3) is 0.571. The normalized spacial score (nSPS) is 16.6. The highest BCUT2D eigenvalue weighted by Gasteiger charge is 2.37. The minimum Gasteiger partial charge on any atom is -0.203 e. The summed E-state index contributed by atoms with van der Waals surface area (Å²) in [6.07, 6.45) is 4.28. The number of hydrogen-bond acceptors (Lipinski definition) is 7. The molecule has 0 aliphatic heterocycles. The summed E-state index contributed by atoms with van der Waals surface area (Å²) in [5.41, 5.74) is 0. The zero-order valence-corrected chi connectivity index (χ0v) is 18.0. The molecular weight excluding hydrogens is 434 g/mol. The molecule has 1 aliphatic rings. The Labute approximate surface area is 167 Å². The predicted octanol–water partition coefficient (Wildman–Crippen LogP) is 1.78. The number of sulfonamides is 1. The summed E-state index contributed by atoms with van der Waals surface area (Å²) >= 11 is 7.28. The average Bonchev–Trinajstić information content (AvgIpc) is 3.34. The van der Waals surface area contributed by atoms with Crippen molar-refractivity contribution in [1.82, 2.24) is 22.8 Å². The van der Waals surface area contributed by atoms with Crippen molar-refractivity contribution in [2.24, 2.45) is 0 Å². The summed E-state index contributed by atoms with van der Waals surface area (Å²) in [5.74, 6) is 0. The Hall–Kier alpha value is -1.05. The van der Waals surface area contributed by atoms with Crippen LogP contribution in [0.15, 0.2) is 23.6 Å². The molecule has 2 heterocycles. The van der Waals surface area contributed by atoms with Gasteiger partial charge in [0.15, 0.2) is 0 Å². The van der Waals surface area contributed by atoms with E-state index < -0.39 is 25.4 Å². The van der Waals surface area contributed by atoms with Crippen LogP contribution in [-0.2, 0) is 26.8 Å². The van der Waals surface area contributed by atoms with Crippen molar-refractivity contribution in [2.45, 2.75) is 43.4 Å². The number of nitrogens with zero attached hydrogens (tertiary/aromatic N) is 5. The molecule has 3 rings (SSSR count). The molecule has 2 aromatic heterocycles. The molecule has 1 saturated carbocycles. The Morgan fingerprint density at radius 3 is 2.44 bits per heavy atom. The fourth-order valence-electron chi connectivity index (χ4n) is 2.93. The highest BCUT2D eigenvalue weighted by molar-refractivity contribution is 7.89. The van der Waals surface area contributed by atoms with E-state index in [1.54, 1.807) is 12.1 Å². The molecule has 0 radical (unpaired) electrons. The molecule has 0 atom stereocenters. The van der Waals surface area contributed by atoms with Gasteiger partial charge >= 0.3 is 10.2 Å². The molecule has 0 aromatic carbocycles. The predicted molar refractivity (Wildman–Crippen MR) is 102 cm³/mol. The zero-order chi connectivity index (χ0) is 19.8. The van der Waals surface area contributed by atoms with Gasteiger partial charge in [-0.3, -0.25) is 0 Å². The van der Waals surface area contributed by atoms with Crippen LogP contribution in [0.1, 0.15) is 30.6 Å². The smallest absolute Gasteiger partial charge is 0.203 e. The standard InChI is InChI=1S/C14H20ClN5O4S3/c1-18(2)27(23,24)20-10-16-14(17-20)26(21,22)19(11-5-3-4-6-11)9-12-7-8-13(15)25-12/h7-8,10-11H,3-6,9H2,1-2H3. The van der Waals surface area contributed by atoms with Crippen molar-refractivity contribution in [2.75, 3.05) is 14.1 Å². The van der Waals surface area contributed by atoms with Crippen molar-refractivity contribution in [3.8, 4) is 0 Å². The van der Waals surface area contributed by atoms with Gasteiger partial charge in [0.1, 0.15) is 6.33 Å². The van der Waals surface area contributed by atoms with E-state index in [9.17, 15) is 16.8 Å². The zero-order valence-electron chi connectivity index (χ0n) is 14.8. The van der Waals surface area contributed by atoms with Gasteiger partial charge in [-0.2, -0.15) is 17.0 Å². The van der Waals surface area contributed by atoms with Crippen LogP contribution < -0.4 is 0 Å². The lowest BCUT2D eigenvalue weighted by Crippen LogP contribution is -2.38. The molecule has 9 nitrogen and oxygen atoms in total. The van der Waals surface area contributed by atoms with Gasteiger partial charge in [-0.1, -0.05) is 24.4 Å². The molecule has 0 unspecified atom stereocenters. The van der Waals surface area contributed by atoms with Crippen LogP contribution in [0.2, 0.25) is 4.34 Å². The highest BCUT2D eigenvalue weighted by Crippen LogP contribution is 2.31. The number of thiophene rings is 1. The Bertz CT molecular complexity index is 1010. The second-order valence-corrected chi connectivity index (χ2v) is 12.0. The summed E-state index contributed by atoms with van der Waals surface area (Å²) in [5, 5.41) is 3.21. The summed E-state index contributed by atoms with van der Waals surface area (Å²) in [6.45, 7) is 0.152. The number of hydrogen-bond donors (Lipinski definition) is 0. The minimum atomic E-state index is -4.07. The van der Waals surface area contributed by atoms with Gasteiger partial charge in [0.05, 0.1) is 4.34 Å². The first-order valence-corrected chi connectivity index (χ1v) is 12.3. The van der Waals surface area contributed by atoms with E-state index in [0.29, 0.717) is 8.42 Å². The maximum Gasteiger partial charge on any atom is 0.323 e. The van der Waals surface area contributed by atoms with Crippen LogP contribution >= 0.6 is 22.9 Å². The van der Waals surface area contributed by atoms with E-state index in [4.69, 9.17) is 11.6 Å². The summed E-state index contributed by atoms with van der Waals surface area (Å²) in [6, 6.07) is 3.33. The third-order valence-corrected chi connectivity index (χ3v) is 8.84. The summed E-state index contributed by atoms with van der Waals surface area (Å²) < 4.78 is 54.1. The van der Waals surface area contributed by atoms with Crippen LogP contribution in [0.5, 0.6) is 0 Å². The van der Waals surface area contributed by atoms with Crippen LogP contribution in [-0.4, -0.2) is 59.8 Å². The average molecular weight is 454 g/mol. The largest absolute Gasteiger partial charge is 0.323 e. The first kappa shape index (κ1) is 20.7. The van der Waals surface area contributed by atoms with E-state index in [1.807, 2.05) is 0 Å². The number of aromatic nitrogens is 3. The Balaban J connectivity index is 1.96. The quantitative estimate of drug-likeness (QED) is 0.632. The van der Waals surface area contributed by atoms with Crippen LogP contribution in [0.4, 0.5) is 0 Å². The first-order chi connectivity index (χ1) is 12.6. The third-order valence-electron chi connectivity index (χ3n) is 4.36. The summed E-state index contributed by atoms with van der Waals surface area (Å²) in [7, 11) is -5.35. The maximum atomic E-state index is 13.2. The van der Waals surface area contributed by atoms with Gasteiger partial charge < -0.3 is 0 Å². The lowest BCUT2D eigenvalue weighted by atomic mass is 10.2. The van der Waals surface area contributed by atoms with Gasteiger partial charge in [-0.25, -0.2) is 13.4 Å². The number of halogens is 1. The Morgan fingerprint density at radius 1 is 1.22 bits per heavy atom.